The fourth-order valence-corrected chi connectivity index (χ4v) is 4.06. The van der Waals surface area contributed by atoms with Crippen LogP contribution in [0, 0.1) is 5.41 Å². The maximum absolute atomic E-state index is 12.4. The van der Waals surface area contributed by atoms with E-state index in [1.165, 1.54) is 6.42 Å². The summed E-state index contributed by atoms with van der Waals surface area (Å²) < 4.78 is 0. The molecule has 1 spiro atoms. The number of piperidine rings is 1. The van der Waals surface area contributed by atoms with Gasteiger partial charge in [-0.1, -0.05) is 43.0 Å². The Kier molecular flexibility index (Phi) is 3.55. The predicted molar refractivity (Wildman–Crippen MR) is 77.5 cm³/mol. The van der Waals surface area contributed by atoms with E-state index in [0.29, 0.717) is 11.4 Å². The number of hydrogen-bond acceptors (Lipinski definition) is 2. The van der Waals surface area contributed by atoms with Crippen LogP contribution in [-0.2, 0) is 9.59 Å². The van der Waals surface area contributed by atoms with Gasteiger partial charge in [0.1, 0.15) is 0 Å². The van der Waals surface area contributed by atoms with Crippen molar-refractivity contribution in [3.63, 3.8) is 0 Å². The first kappa shape index (κ1) is 13.6. The van der Waals surface area contributed by atoms with Crippen molar-refractivity contribution in [2.24, 2.45) is 5.41 Å². The fourth-order valence-electron chi connectivity index (χ4n) is 3.87. The third kappa shape index (κ3) is 2.35. The molecule has 1 aromatic carbocycles. The first-order valence-electron chi connectivity index (χ1n) is 7.20. The normalized spacial score (nSPS) is 25.6. The summed E-state index contributed by atoms with van der Waals surface area (Å²) in [5, 5.41) is 3.14. The van der Waals surface area contributed by atoms with Crippen LogP contribution < -0.4 is 5.32 Å². The van der Waals surface area contributed by atoms with Gasteiger partial charge < -0.3 is 0 Å². The molecule has 0 aromatic heterocycles. The summed E-state index contributed by atoms with van der Waals surface area (Å²) in [5.41, 5.74) is 0.729. The van der Waals surface area contributed by atoms with Crippen LogP contribution in [0.15, 0.2) is 24.3 Å². The molecule has 1 saturated carbocycles. The van der Waals surface area contributed by atoms with Crippen molar-refractivity contribution < 1.29 is 9.59 Å². The van der Waals surface area contributed by atoms with Crippen LogP contribution in [0.3, 0.4) is 0 Å². The molecule has 4 heteroatoms. The summed E-state index contributed by atoms with van der Waals surface area (Å²) >= 11 is 6.07. The minimum absolute atomic E-state index is 0.129. The van der Waals surface area contributed by atoms with E-state index < -0.39 is 0 Å². The molecule has 3 nitrogen and oxygen atoms in total. The highest BCUT2D eigenvalue weighted by Gasteiger charge is 2.49. The summed E-state index contributed by atoms with van der Waals surface area (Å²) in [4.78, 5) is 24.2. The Balaban J connectivity index is 2.03. The van der Waals surface area contributed by atoms with Crippen molar-refractivity contribution in [3.8, 4) is 0 Å². The van der Waals surface area contributed by atoms with Crippen molar-refractivity contribution in [1.29, 1.82) is 0 Å². The fraction of sp³-hybridized carbons (Fsp3) is 0.500. The Labute approximate surface area is 123 Å². The second-order valence-electron chi connectivity index (χ2n) is 6.00. The van der Waals surface area contributed by atoms with Crippen molar-refractivity contribution in [2.45, 2.75) is 44.4 Å². The van der Waals surface area contributed by atoms with Gasteiger partial charge in [0.05, 0.1) is 5.92 Å². The summed E-state index contributed by atoms with van der Waals surface area (Å²) in [5.74, 6) is -0.542. The SMILES string of the molecule is O=C1CC2(CCCCC2)C(c2cccc(Cl)c2)C(=O)N1. The second-order valence-corrected chi connectivity index (χ2v) is 6.44. The Morgan fingerprint density at radius 3 is 2.60 bits per heavy atom. The van der Waals surface area contributed by atoms with E-state index in [0.717, 1.165) is 31.2 Å². The summed E-state index contributed by atoms with van der Waals surface area (Å²) in [6.45, 7) is 0. The highest BCUT2D eigenvalue weighted by atomic mass is 35.5. The van der Waals surface area contributed by atoms with E-state index in [9.17, 15) is 9.59 Å². The summed E-state index contributed by atoms with van der Waals surface area (Å²) in [6.07, 6.45) is 5.73. The maximum atomic E-state index is 12.4. The zero-order chi connectivity index (χ0) is 14.2. The number of carbonyl (C=O) groups is 2. The van der Waals surface area contributed by atoms with Crippen molar-refractivity contribution in [1.82, 2.24) is 5.32 Å². The van der Waals surface area contributed by atoms with Gasteiger partial charge in [0, 0.05) is 11.4 Å². The minimum Gasteiger partial charge on any atom is -0.296 e. The lowest BCUT2D eigenvalue weighted by Crippen LogP contribution is -2.51. The number of amides is 2. The van der Waals surface area contributed by atoms with Crippen molar-refractivity contribution >= 4 is 23.4 Å². The number of rotatable bonds is 1. The van der Waals surface area contributed by atoms with Crippen molar-refractivity contribution in [2.75, 3.05) is 0 Å². The molecular weight excluding hydrogens is 274 g/mol. The standard InChI is InChI=1S/C16H18ClNO2/c17-12-6-4-5-11(9-12)14-15(20)18-13(19)10-16(14)7-2-1-3-8-16/h4-6,9,14H,1-3,7-8,10H2,(H,18,19,20). The number of imide groups is 1. The molecule has 106 valence electrons. The number of carbonyl (C=O) groups excluding carboxylic acids is 2. The van der Waals surface area contributed by atoms with Gasteiger partial charge in [-0.25, -0.2) is 0 Å². The summed E-state index contributed by atoms with van der Waals surface area (Å²) in [7, 11) is 0. The Hall–Kier alpha value is -1.35. The predicted octanol–water partition coefficient (Wildman–Crippen LogP) is 3.42. The van der Waals surface area contributed by atoms with E-state index in [2.05, 4.69) is 5.32 Å². The number of nitrogens with one attached hydrogen (secondary N) is 1. The van der Waals surface area contributed by atoms with E-state index in [4.69, 9.17) is 11.6 Å². The monoisotopic (exact) mass is 291 g/mol. The zero-order valence-corrected chi connectivity index (χ0v) is 12.1. The van der Waals surface area contributed by atoms with Gasteiger partial charge in [-0.05, 0) is 36.0 Å². The molecule has 0 bridgehead atoms. The van der Waals surface area contributed by atoms with E-state index >= 15 is 0 Å². The van der Waals surface area contributed by atoms with Crippen molar-refractivity contribution in [3.05, 3.63) is 34.9 Å². The molecule has 1 saturated heterocycles. The molecular formula is C16H18ClNO2. The number of hydrogen-bond donors (Lipinski definition) is 1. The zero-order valence-electron chi connectivity index (χ0n) is 11.3. The van der Waals surface area contributed by atoms with Crippen LogP contribution in [0.2, 0.25) is 5.02 Å². The average Bonchev–Trinajstić information content (AvgIpc) is 2.38. The van der Waals surface area contributed by atoms with Gasteiger partial charge in [0.25, 0.3) is 0 Å². The average molecular weight is 292 g/mol. The van der Waals surface area contributed by atoms with Crippen LogP contribution in [0.1, 0.15) is 50.0 Å². The molecule has 2 aliphatic rings. The molecule has 1 N–H and O–H groups in total. The second kappa shape index (κ2) is 5.21. The number of halogens is 1. The topological polar surface area (TPSA) is 46.2 Å². The van der Waals surface area contributed by atoms with Gasteiger partial charge in [-0.3, -0.25) is 14.9 Å². The lowest BCUT2D eigenvalue weighted by Gasteiger charge is -2.45. The molecule has 3 rings (SSSR count). The third-order valence-corrected chi connectivity index (χ3v) is 4.92. The van der Waals surface area contributed by atoms with Crippen LogP contribution in [-0.4, -0.2) is 11.8 Å². The minimum atomic E-state index is -0.251. The lowest BCUT2D eigenvalue weighted by atomic mass is 9.60. The lowest BCUT2D eigenvalue weighted by molar-refractivity contribution is -0.141. The molecule has 2 fully saturated rings. The highest BCUT2D eigenvalue weighted by molar-refractivity contribution is 6.30. The Morgan fingerprint density at radius 1 is 1.15 bits per heavy atom. The molecule has 0 radical (unpaired) electrons. The molecule has 20 heavy (non-hydrogen) atoms. The number of benzene rings is 1. The van der Waals surface area contributed by atoms with Gasteiger partial charge in [0.2, 0.25) is 11.8 Å². The largest absolute Gasteiger partial charge is 0.296 e. The van der Waals surface area contributed by atoms with E-state index in [-0.39, 0.29) is 23.1 Å². The molecule has 1 atom stereocenters. The Bertz CT molecular complexity index is 549. The first-order valence-corrected chi connectivity index (χ1v) is 7.58. The van der Waals surface area contributed by atoms with Gasteiger partial charge in [0.15, 0.2) is 0 Å². The van der Waals surface area contributed by atoms with E-state index in [1.54, 1.807) is 0 Å². The molecule has 1 unspecified atom stereocenters. The van der Waals surface area contributed by atoms with Crippen LogP contribution >= 0.6 is 11.6 Å². The molecule has 1 aliphatic carbocycles. The third-order valence-electron chi connectivity index (χ3n) is 4.68. The summed E-state index contributed by atoms with van der Waals surface area (Å²) in [6, 6.07) is 7.49. The van der Waals surface area contributed by atoms with Gasteiger partial charge >= 0.3 is 0 Å². The van der Waals surface area contributed by atoms with Crippen LogP contribution in [0.5, 0.6) is 0 Å². The van der Waals surface area contributed by atoms with Crippen LogP contribution in [0.25, 0.3) is 0 Å². The molecule has 1 heterocycles. The Morgan fingerprint density at radius 2 is 1.90 bits per heavy atom. The van der Waals surface area contributed by atoms with Gasteiger partial charge in [-0.15, -0.1) is 0 Å². The molecule has 1 aliphatic heterocycles. The van der Waals surface area contributed by atoms with Gasteiger partial charge in [-0.2, -0.15) is 0 Å². The first-order chi connectivity index (χ1) is 9.61. The molecule has 1 aromatic rings. The maximum Gasteiger partial charge on any atom is 0.234 e. The molecule has 2 amide bonds. The van der Waals surface area contributed by atoms with E-state index in [1.807, 2.05) is 24.3 Å². The quantitative estimate of drug-likeness (QED) is 0.806. The highest BCUT2D eigenvalue weighted by Crippen LogP contribution is 2.51. The van der Waals surface area contributed by atoms with Crippen LogP contribution in [0.4, 0.5) is 0 Å². The smallest absolute Gasteiger partial charge is 0.234 e.